The molecule has 6 nitrogen and oxygen atoms in total. The molecule has 0 amide bonds. The molecular weight excluding hydrogens is 228 g/mol. The van der Waals surface area contributed by atoms with Crippen molar-refractivity contribution in [2.75, 3.05) is 13.1 Å². The van der Waals surface area contributed by atoms with Crippen LogP contribution in [0.3, 0.4) is 0 Å². The van der Waals surface area contributed by atoms with Crippen LogP contribution in [0.15, 0.2) is 0 Å². The van der Waals surface area contributed by atoms with Crippen molar-refractivity contribution in [3.63, 3.8) is 0 Å². The minimum absolute atomic E-state index is 0.166. The van der Waals surface area contributed by atoms with Gasteiger partial charge in [0, 0.05) is 12.1 Å². The Morgan fingerprint density at radius 3 is 2.78 bits per heavy atom. The number of tetrazole rings is 1. The predicted octanol–water partition coefficient (Wildman–Crippen LogP) is 1.11. The quantitative estimate of drug-likeness (QED) is 0.840. The highest BCUT2D eigenvalue weighted by molar-refractivity contribution is 4.88. The molecule has 1 aliphatic heterocycles. The lowest BCUT2D eigenvalue weighted by molar-refractivity contribution is 0.228. The summed E-state index contributed by atoms with van der Waals surface area (Å²) < 4.78 is 0. The molecule has 2 heterocycles. The van der Waals surface area contributed by atoms with Gasteiger partial charge in [-0.15, -0.1) is 10.2 Å². The first kappa shape index (κ1) is 13.4. The maximum atomic E-state index is 4.03. The molecule has 0 aliphatic carbocycles. The Kier molecular flexibility index (Phi) is 4.66. The van der Waals surface area contributed by atoms with Crippen LogP contribution in [0.25, 0.3) is 0 Å². The zero-order chi connectivity index (χ0) is 13.0. The fraction of sp³-hybridized carbons (Fsp3) is 0.917. The van der Waals surface area contributed by atoms with Gasteiger partial charge in [-0.25, -0.2) is 0 Å². The summed E-state index contributed by atoms with van der Waals surface area (Å²) >= 11 is 0. The van der Waals surface area contributed by atoms with Gasteiger partial charge < -0.3 is 10.2 Å². The number of likely N-dealkylation sites (tertiary alicyclic amines) is 1. The van der Waals surface area contributed by atoms with E-state index in [9.17, 15) is 0 Å². The largest absolute Gasteiger partial charge is 0.305 e. The second-order valence-electron chi connectivity index (χ2n) is 5.42. The van der Waals surface area contributed by atoms with Gasteiger partial charge >= 0.3 is 0 Å². The van der Waals surface area contributed by atoms with Gasteiger partial charge in [0.15, 0.2) is 5.82 Å². The second-order valence-corrected chi connectivity index (χ2v) is 5.42. The first-order valence-corrected chi connectivity index (χ1v) is 6.90. The van der Waals surface area contributed by atoms with Crippen LogP contribution in [-0.2, 0) is 0 Å². The van der Waals surface area contributed by atoms with Gasteiger partial charge in [0.05, 0.1) is 6.04 Å². The highest BCUT2D eigenvalue weighted by atomic mass is 15.5. The summed E-state index contributed by atoms with van der Waals surface area (Å²) in [6.45, 7) is 9.03. The van der Waals surface area contributed by atoms with Crippen molar-refractivity contribution >= 4 is 0 Å². The molecule has 1 aromatic rings. The molecule has 0 spiro atoms. The van der Waals surface area contributed by atoms with Crippen LogP contribution in [0.2, 0.25) is 0 Å². The van der Waals surface area contributed by atoms with Crippen molar-refractivity contribution in [1.29, 1.82) is 0 Å². The highest BCUT2D eigenvalue weighted by Gasteiger charge is 2.21. The number of hydrogen-bond donors (Lipinski definition) is 2. The molecule has 102 valence electrons. The van der Waals surface area contributed by atoms with E-state index in [4.69, 9.17) is 0 Å². The maximum Gasteiger partial charge on any atom is 0.191 e. The average Bonchev–Trinajstić information content (AvgIpc) is 2.77. The Bertz CT molecular complexity index is 336. The van der Waals surface area contributed by atoms with Crippen molar-refractivity contribution in [2.45, 2.75) is 58.2 Å². The standard InChI is InChI=1S/C12H24N6/c1-9(2)18-7-4-5-11(6-8-18)13-10(3)12-14-16-17-15-12/h9-11,13H,4-8H2,1-3H3,(H,14,15,16,17). The average molecular weight is 252 g/mol. The topological polar surface area (TPSA) is 69.7 Å². The lowest BCUT2D eigenvalue weighted by atomic mass is 10.1. The molecule has 1 aliphatic rings. The van der Waals surface area contributed by atoms with E-state index in [1.165, 1.54) is 32.4 Å². The van der Waals surface area contributed by atoms with Gasteiger partial charge in [-0.2, -0.15) is 5.21 Å². The molecule has 2 N–H and O–H groups in total. The van der Waals surface area contributed by atoms with E-state index in [0.717, 1.165) is 5.82 Å². The van der Waals surface area contributed by atoms with Crippen LogP contribution in [0.5, 0.6) is 0 Å². The summed E-state index contributed by atoms with van der Waals surface area (Å²) in [5.74, 6) is 0.750. The molecule has 6 heteroatoms. The molecule has 2 atom stereocenters. The highest BCUT2D eigenvalue weighted by Crippen LogP contribution is 2.16. The minimum Gasteiger partial charge on any atom is -0.305 e. The van der Waals surface area contributed by atoms with Gasteiger partial charge in [0.25, 0.3) is 0 Å². The van der Waals surface area contributed by atoms with Crippen molar-refractivity contribution in [3.05, 3.63) is 5.82 Å². The second kappa shape index (κ2) is 6.24. The van der Waals surface area contributed by atoms with E-state index in [2.05, 4.69) is 51.6 Å². The zero-order valence-electron chi connectivity index (χ0n) is 11.6. The van der Waals surface area contributed by atoms with Crippen molar-refractivity contribution < 1.29 is 0 Å². The maximum absolute atomic E-state index is 4.03. The fourth-order valence-corrected chi connectivity index (χ4v) is 2.58. The van der Waals surface area contributed by atoms with Gasteiger partial charge in [-0.3, -0.25) is 0 Å². The van der Waals surface area contributed by atoms with E-state index in [1.807, 2.05) is 0 Å². The number of hydrogen-bond acceptors (Lipinski definition) is 5. The summed E-state index contributed by atoms with van der Waals surface area (Å²) in [6, 6.07) is 1.37. The summed E-state index contributed by atoms with van der Waals surface area (Å²) in [5.41, 5.74) is 0. The fourth-order valence-electron chi connectivity index (χ4n) is 2.58. The van der Waals surface area contributed by atoms with Crippen molar-refractivity contribution in [2.24, 2.45) is 0 Å². The van der Waals surface area contributed by atoms with Gasteiger partial charge in [-0.1, -0.05) is 5.21 Å². The number of aromatic nitrogens is 4. The Balaban J connectivity index is 1.83. The Morgan fingerprint density at radius 2 is 2.11 bits per heavy atom. The molecule has 0 aromatic carbocycles. The Labute approximate surface area is 109 Å². The van der Waals surface area contributed by atoms with E-state index in [0.29, 0.717) is 12.1 Å². The van der Waals surface area contributed by atoms with E-state index >= 15 is 0 Å². The number of H-pyrrole nitrogens is 1. The Morgan fingerprint density at radius 1 is 1.28 bits per heavy atom. The van der Waals surface area contributed by atoms with Crippen LogP contribution >= 0.6 is 0 Å². The summed E-state index contributed by atoms with van der Waals surface area (Å²) in [6.07, 6.45) is 3.68. The van der Waals surface area contributed by atoms with Crippen LogP contribution in [-0.4, -0.2) is 50.7 Å². The minimum atomic E-state index is 0.166. The lowest BCUT2D eigenvalue weighted by Gasteiger charge is -2.24. The molecule has 0 bridgehead atoms. The molecule has 0 saturated carbocycles. The number of aromatic amines is 1. The third kappa shape index (κ3) is 3.49. The first-order chi connectivity index (χ1) is 8.66. The van der Waals surface area contributed by atoms with E-state index in [-0.39, 0.29) is 6.04 Å². The molecule has 1 fully saturated rings. The zero-order valence-corrected chi connectivity index (χ0v) is 11.6. The summed E-state index contributed by atoms with van der Waals surface area (Å²) in [5, 5.41) is 17.8. The molecule has 1 saturated heterocycles. The van der Waals surface area contributed by atoms with Crippen LogP contribution in [0.1, 0.15) is 51.9 Å². The summed E-state index contributed by atoms with van der Waals surface area (Å²) in [4.78, 5) is 2.56. The first-order valence-electron chi connectivity index (χ1n) is 6.90. The molecule has 0 radical (unpaired) electrons. The third-order valence-corrected chi connectivity index (χ3v) is 3.73. The molecule has 2 rings (SSSR count). The number of nitrogens with zero attached hydrogens (tertiary/aromatic N) is 4. The van der Waals surface area contributed by atoms with Crippen LogP contribution in [0.4, 0.5) is 0 Å². The summed E-state index contributed by atoms with van der Waals surface area (Å²) in [7, 11) is 0. The van der Waals surface area contributed by atoms with Crippen molar-refractivity contribution in [3.8, 4) is 0 Å². The monoisotopic (exact) mass is 252 g/mol. The Hall–Kier alpha value is -1.01. The third-order valence-electron chi connectivity index (χ3n) is 3.73. The van der Waals surface area contributed by atoms with Gasteiger partial charge in [0.2, 0.25) is 0 Å². The molecule has 18 heavy (non-hydrogen) atoms. The number of rotatable bonds is 4. The van der Waals surface area contributed by atoms with E-state index in [1.54, 1.807) is 0 Å². The van der Waals surface area contributed by atoms with Crippen LogP contribution in [0, 0.1) is 0 Å². The van der Waals surface area contributed by atoms with E-state index < -0.39 is 0 Å². The SMILES string of the molecule is CC(NC1CCCN(C(C)C)CC1)c1nn[nH]n1. The smallest absolute Gasteiger partial charge is 0.191 e. The predicted molar refractivity (Wildman–Crippen MR) is 70.1 cm³/mol. The molecule has 1 aromatic heterocycles. The molecular formula is C12H24N6. The van der Waals surface area contributed by atoms with Gasteiger partial charge in [-0.05, 0) is 53.1 Å². The lowest BCUT2D eigenvalue weighted by Crippen LogP contribution is -2.35. The number of nitrogens with one attached hydrogen (secondary N) is 2. The van der Waals surface area contributed by atoms with Crippen LogP contribution < -0.4 is 5.32 Å². The van der Waals surface area contributed by atoms with Gasteiger partial charge in [0.1, 0.15) is 0 Å². The molecule has 2 unspecified atom stereocenters. The normalized spacial score (nSPS) is 24.1. The van der Waals surface area contributed by atoms with Crippen molar-refractivity contribution in [1.82, 2.24) is 30.8 Å².